The van der Waals surface area contributed by atoms with Crippen LogP contribution in [0.4, 0.5) is 13.2 Å². The number of aliphatic hydroxyl groups is 2. The summed E-state index contributed by atoms with van der Waals surface area (Å²) in [6, 6.07) is -1.37. The summed E-state index contributed by atoms with van der Waals surface area (Å²) in [5, 5.41) is 20.7. The van der Waals surface area contributed by atoms with E-state index in [2.05, 4.69) is 6.58 Å². The van der Waals surface area contributed by atoms with E-state index >= 15 is 0 Å². The molecule has 0 aromatic carbocycles. The van der Waals surface area contributed by atoms with Gasteiger partial charge in [-0.05, 0) is 0 Å². The molecular weight excluding hydrogens is 271 g/mol. The summed E-state index contributed by atoms with van der Waals surface area (Å²) in [6.07, 6.45) is -8.09. The summed E-state index contributed by atoms with van der Waals surface area (Å²) >= 11 is 0. The molecule has 1 fully saturated rings. The van der Waals surface area contributed by atoms with Gasteiger partial charge in [-0.1, -0.05) is 6.08 Å². The van der Waals surface area contributed by atoms with Crippen LogP contribution in [0.2, 0.25) is 0 Å². The van der Waals surface area contributed by atoms with E-state index in [0.29, 0.717) is 0 Å². The second kappa shape index (κ2) is 6.33. The summed E-state index contributed by atoms with van der Waals surface area (Å²) in [6.45, 7) is 2.98. The number of ether oxygens (including phenoxy) is 2. The summed E-state index contributed by atoms with van der Waals surface area (Å²) in [5.41, 5.74) is 0. The average molecular weight is 285 g/mol. The minimum atomic E-state index is -5.07. The van der Waals surface area contributed by atoms with Gasteiger partial charge >= 0.3 is 12.1 Å². The number of nitrogens with one attached hydrogen (secondary N) is 1. The Labute approximate surface area is 106 Å². The van der Waals surface area contributed by atoms with Gasteiger partial charge in [0.2, 0.25) is 0 Å². The highest BCUT2D eigenvalue weighted by Gasteiger charge is 2.45. The Hall–Kier alpha value is -1.16. The molecule has 1 aliphatic rings. The van der Waals surface area contributed by atoms with E-state index in [9.17, 15) is 28.2 Å². The van der Waals surface area contributed by atoms with Crippen LogP contribution < -0.4 is 5.32 Å². The molecule has 9 heteroatoms. The van der Waals surface area contributed by atoms with Crippen molar-refractivity contribution in [3.05, 3.63) is 12.7 Å². The van der Waals surface area contributed by atoms with Gasteiger partial charge in [-0.15, -0.1) is 6.58 Å². The normalized spacial score (nSPS) is 31.8. The van der Waals surface area contributed by atoms with Gasteiger partial charge in [0.25, 0.3) is 0 Å². The van der Waals surface area contributed by atoms with E-state index in [4.69, 9.17) is 9.47 Å². The van der Waals surface area contributed by atoms with Gasteiger partial charge in [0.15, 0.2) is 6.29 Å². The number of carbonyl (C=O) groups is 1. The first-order valence-corrected chi connectivity index (χ1v) is 5.35. The summed E-state index contributed by atoms with van der Waals surface area (Å²) < 4.78 is 46.0. The molecule has 1 amide bonds. The van der Waals surface area contributed by atoms with Crippen LogP contribution in [0.25, 0.3) is 0 Å². The highest BCUT2D eigenvalue weighted by Crippen LogP contribution is 2.19. The molecule has 0 bridgehead atoms. The molecule has 0 spiro atoms. The number of carbonyl (C=O) groups excluding carboxylic acids is 1. The van der Waals surface area contributed by atoms with E-state index in [1.807, 2.05) is 0 Å². The van der Waals surface area contributed by atoms with E-state index in [-0.39, 0.29) is 6.61 Å². The Bertz CT molecular complexity index is 336. The molecule has 1 saturated heterocycles. The van der Waals surface area contributed by atoms with Crippen molar-refractivity contribution < 1.29 is 37.7 Å². The van der Waals surface area contributed by atoms with E-state index in [0.717, 1.165) is 0 Å². The van der Waals surface area contributed by atoms with Crippen LogP contribution in [0.15, 0.2) is 12.7 Å². The zero-order valence-electron chi connectivity index (χ0n) is 9.76. The van der Waals surface area contributed by atoms with Gasteiger partial charge in [-0.2, -0.15) is 13.2 Å². The molecule has 0 radical (unpaired) electrons. The van der Waals surface area contributed by atoms with E-state index < -0.39 is 43.2 Å². The summed E-state index contributed by atoms with van der Waals surface area (Å²) in [5.74, 6) is -2.21. The van der Waals surface area contributed by atoms with Crippen molar-refractivity contribution in [2.24, 2.45) is 0 Å². The van der Waals surface area contributed by atoms with E-state index in [1.54, 1.807) is 5.32 Å². The van der Waals surface area contributed by atoms with E-state index in [1.165, 1.54) is 6.08 Å². The van der Waals surface area contributed by atoms with Gasteiger partial charge in [-0.25, -0.2) is 0 Å². The first kappa shape index (κ1) is 15.9. The quantitative estimate of drug-likeness (QED) is 0.595. The van der Waals surface area contributed by atoms with Crippen LogP contribution in [0.5, 0.6) is 0 Å². The zero-order chi connectivity index (χ0) is 14.6. The largest absolute Gasteiger partial charge is 0.471 e. The lowest BCUT2D eigenvalue weighted by atomic mass is 10.0. The SMILES string of the molecule is C=CCO[C@H]1OC[C@H](NC(=O)C(F)(F)F)[C@H](O)[C@@H]1O. The van der Waals surface area contributed by atoms with Gasteiger partial charge in [0, 0.05) is 0 Å². The predicted molar refractivity (Wildman–Crippen MR) is 55.9 cm³/mol. The van der Waals surface area contributed by atoms with Gasteiger partial charge in [0.05, 0.1) is 19.3 Å². The lowest BCUT2D eigenvalue weighted by Crippen LogP contribution is -2.61. The van der Waals surface area contributed by atoms with Crippen molar-refractivity contribution in [2.75, 3.05) is 13.2 Å². The molecule has 1 rings (SSSR count). The van der Waals surface area contributed by atoms with Crippen LogP contribution in [0.1, 0.15) is 0 Å². The van der Waals surface area contributed by atoms with Crippen molar-refractivity contribution in [2.45, 2.75) is 30.7 Å². The van der Waals surface area contributed by atoms with Gasteiger partial charge in [0.1, 0.15) is 12.2 Å². The summed E-state index contributed by atoms with van der Waals surface area (Å²) in [7, 11) is 0. The Kier molecular flexibility index (Phi) is 5.29. The molecule has 4 atom stereocenters. The smallest absolute Gasteiger partial charge is 0.388 e. The molecule has 1 heterocycles. The van der Waals surface area contributed by atoms with Crippen molar-refractivity contribution >= 4 is 5.91 Å². The third-order valence-corrected chi connectivity index (χ3v) is 2.43. The highest BCUT2D eigenvalue weighted by atomic mass is 19.4. The molecule has 110 valence electrons. The third kappa shape index (κ3) is 4.16. The number of rotatable bonds is 4. The van der Waals surface area contributed by atoms with Crippen LogP contribution in [0, 0.1) is 0 Å². The topological polar surface area (TPSA) is 88.0 Å². The number of halogens is 3. The molecule has 0 aliphatic carbocycles. The average Bonchev–Trinajstić information content (AvgIpc) is 2.33. The number of hydrogen-bond acceptors (Lipinski definition) is 5. The maximum absolute atomic E-state index is 12.0. The van der Waals surface area contributed by atoms with Crippen molar-refractivity contribution in [3.8, 4) is 0 Å². The minimum Gasteiger partial charge on any atom is -0.388 e. The molecule has 3 N–H and O–H groups in total. The second-order valence-electron chi connectivity index (χ2n) is 3.88. The van der Waals surface area contributed by atoms with Crippen LogP contribution in [-0.4, -0.2) is 60.1 Å². The standard InChI is InChI=1S/C10H14F3NO5/c1-2-3-18-8-7(16)6(15)5(4-19-8)14-9(17)10(11,12)13/h2,5-8,15-16H,1,3-4H2,(H,14,17)/t5-,6-,7-,8-/m0/s1. The molecule has 0 unspecified atom stereocenters. The maximum atomic E-state index is 12.0. The minimum absolute atomic E-state index is 0.0357. The molecular formula is C10H14F3NO5. The molecule has 0 aromatic rings. The van der Waals surface area contributed by atoms with Crippen LogP contribution in [0.3, 0.4) is 0 Å². The maximum Gasteiger partial charge on any atom is 0.471 e. The molecule has 1 aliphatic heterocycles. The predicted octanol–water partition coefficient (Wildman–Crippen LogP) is -0.686. The highest BCUT2D eigenvalue weighted by molar-refractivity contribution is 5.82. The lowest BCUT2D eigenvalue weighted by molar-refractivity contribution is -0.248. The number of aliphatic hydroxyl groups excluding tert-OH is 2. The fourth-order valence-electron chi connectivity index (χ4n) is 1.48. The van der Waals surface area contributed by atoms with Gasteiger partial charge < -0.3 is 25.0 Å². The Morgan fingerprint density at radius 1 is 1.47 bits per heavy atom. The first-order chi connectivity index (χ1) is 8.77. The monoisotopic (exact) mass is 285 g/mol. The number of hydrogen-bond donors (Lipinski definition) is 3. The fourth-order valence-corrected chi connectivity index (χ4v) is 1.48. The number of amides is 1. The fraction of sp³-hybridized carbons (Fsp3) is 0.700. The molecule has 0 aromatic heterocycles. The number of alkyl halides is 3. The van der Waals surface area contributed by atoms with Crippen molar-refractivity contribution in [1.82, 2.24) is 5.32 Å². The molecule has 6 nitrogen and oxygen atoms in total. The molecule has 19 heavy (non-hydrogen) atoms. The Morgan fingerprint density at radius 2 is 2.11 bits per heavy atom. The first-order valence-electron chi connectivity index (χ1n) is 5.35. The van der Waals surface area contributed by atoms with Crippen molar-refractivity contribution in [3.63, 3.8) is 0 Å². The van der Waals surface area contributed by atoms with Gasteiger partial charge in [-0.3, -0.25) is 4.79 Å². The zero-order valence-corrected chi connectivity index (χ0v) is 9.76. The Balaban J connectivity index is 2.57. The van der Waals surface area contributed by atoms with Crippen molar-refractivity contribution in [1.29, 1.82) is 0 Å². The lowest BCUT2D eigenvalue weighted by Gasteiger charge is -2.37. The Morgan fingerprint density at radius 3 is 2.63 bits per heavy atom. The molecule has 0 saturated carbocycles. The third-order valence-electron chi connectivity index (χ3n) is 2.43. The second-order valence-corrected chi connectivity index (χ2v) is 3.88. The van der Waals surface area contributed by atoms with Crippen LogP contribution >= 0.6 is 0 Å². The van der Waals surface area contributed by atoms with Crippen LogP contribution in [-0.2, 0) is 14.3 Å². The summed E-state index contributed by atoms with van der Waals surface area (Å²) in [4.78, 5) is 10.7.